The van der Waals surface area contributed by atoms with Crippen molar-refractivity contribution in [2.75, 3.05) is 26.2 Å². The SMILES string of the molecule is CCc1noc(CN2CCN(S(=O)(=O)c3cccc4cc(C)cnc34)CC2)n1. The first-order valence-corrected chi connectivity index (χ1v) is 10.8. The molecular weight excluding hydrogens is 378 g/mol. The molecule has 0 atom stereocenters. The van der Waals surface area contributed by atoms with Crippen LogP contribution in [0.25, 0.3) is 10.9 Å². The molecule has 0 amide bonds. The van der Waals surface area contributed by atoms with Crippen molar-refractivity contribution in [3.63, 3.8) is 0 Å². The number of hydrogen-bond acceptors (Lipinski definition) is 7. The highest BCUT2D eigenvalue weighted by Crippen LogP contribution is 2.25. The number of aryl methyl sites for hydroxylation is 2. The molecule has 1 fully saturated rings. The zero-order valence-electron chi connectivity index (χ0n) is 16.0. The number of nitrogens with zero attached hydrogens (tertiary/aromatic N) is 5. The Labute approximate surface area is 164 Å². The van der Waals surface area contributed by atoms with Gasteiger partial charge in [0.25, 0.3) is 0 Å². The molecule has 3 heterocycles. The second kappa shape index (κ2) is 7.57. The van der Waals surface area contributed by atoms with Crippen LogP contribution in [0.15, 0.2) is 39.9 Å². The van der Waals surface area contributed by atoms with E-state index in [1.54, 1.807) is 18.3 Å². The molecule has 8 nitrogen and oxygen atoms in total. The zero-order chi connectivity index (χ0) is 19.7. The Bertz CT molecular complexity index is 1090. The van der Waals surface area contributed by atoms with Gasteiger partial charge >= 0.3 is 0 Å². The van der Waals surface area contributed by atoms with Crippen molar-refractivity contribution in [1.29, 1.82) is 0 Å². The Morgan fingerprint density at radius 1 is 1.18 bits per heavy atom. The van der Waals surface area contributed by atoms with E-state index >= 15 is 0 Å². The molecule has 0 radical (unpaired) electrons. The summed E-state index contributed by atoms with van der Waals surface area (Å²) in [5.41, 5.74) is 1.52. The van der Waals surface area contributed by atoms with Gasteiger partial charge in [0.05, 0.1) is 12.1 Å². The van der Waals surface area contributed by atoms with Gasteiger partial charge in [-0.15, -0.1) is 0 Å². The first-order chi connectivity index (χ1) is 13.5. The molecule has 0 N–H and O–H groups in total. The second-order valence-electron chi connectivity index (χ2n) is 6.98. The normalized spacial score (nSPS) is 16.6. The molecule has 0 unspecified atom stereocenters. The van der Waals surface area contributed by atoms with E-state index in [1.165, 1.54) is 4.31 Å². The number of rotatable bonds is 5. The molecule has 28 heavy (non-hydrogen) atoms. The first kappa shape index (κ1) is 19.0. The van der Waals surface area contributed by atoms with Gasteiger partial charge in [0.15, 0.2) is 5.82 Å². The van der Waals surface area contributed by atoms with Gasteiger partial charge in [-0.3, -0.25) is 9.88 Å². The van der Waals surface area contributed by atoms with Gasteiger partial charge in [0, 0.05) is 44.2 Å². The average molecular weight is 401 g/mol. The van der Waals surface area contributed by atoms with Crippen molar-refractivity contribution in [3.8, 4) is 0 Å². The lowest BCUT2D eigenvalue weighted by atomic mass is 10.2. The van der Waals surface area contributed by atoms with Crippen LogP contribution in [-0.2, 0) is 23.0 Å². The second-order valence-corrected chi connectivity index (χ2v) is 8.89. The molecule has 0 bridgehead atoms. The molecule has 1 aromatic carbocycles. The minimum absolute atomic E-state index is 0.267. The van der Waals surface area contributed by atoms with Crippen molar-refractivity contribution < 1.29 is 12.9 Å². The lowest BCUT2D eigenvalue weighted by molar-refractivity contribution is 0.163. The fraction of sp³-hybridized carbons (Fsp3) is 0.421. The molecular formula is C19H23N5O3S. The molecule has 0 saturated carbocycles. The van der Waals surface area contributed by atoms with Gasteiger partial charge in [-0.05, 0) is 24.6 Å². The minimum atomic E-state index is -3.60. The Morgan fingerprint density at radius 2 is 1.96 bits per heavy atom. The molecule has 0 spiro atoms. The smallest absolute Gasteiger partial charge is 0.245 e. The monoisotopic (exact) mass is 401 g/mol. The van der Waals surface area contributed by atoms with E-state index < -0.39 is 10.0 Å². The molecule has 2 aromatic heterocycles. The van der Waals surface area contributed by atoms with Crippen LogP contribution >= 0.6 is 0 Å². The topological polar surface area (TPSA) is 92.4 Å². The number of aromatic nitrogens is 3. The van der Waals surface area contributed by atoms with Crippen LogP contribution in [-0.4, -0.2) is 58.9 Å². The van der Waals surface area contributed by atoms with Gasteiger partial charge in [-0.1, -0.05) is 24.2 Å². The number of piperazine rings is 1. The van der Waals surface area contributed by atoms with Crippen LogP contribution in [0.5, 0.6) is 0 Å². The van der Waals surface area contributed by atoms with E-state index in [0.717, 1.165) is 17.4 Å². The van der Waals surface area contributed by atoms with Crippen molar-refractivity contribution in [2.45, 2.75) is 31.7 Å². The number of benzene rings is 1. The van der Waals surface area contributed by atoms with Crippen LogP contribution in [0, 0.1) is 6.92 Å². The molecule has 1 saturated heterocycles. The van der Waals surface area contributed by atoms with Crippen LogP contribution in [0.1, 0.15) is 24.2 Å². The fourth-order valence-corrected chi connectivity index (χ4v) is 4.99. The number of hydrogen-bond donors (Lipinski definition) is 0. The predicted molar refractivity (Wildman–Crippen MR) is 104 cm³/mol. The number of pyridine rings is 1. The highest BCUT2D eigenvalue weighted by molar-refractivity contribution is 7.89. The van der Waals surface area contributed by atoms with Crippen molar-refractivity contribution >= 4 is 20.9 Å². The molecule has 9 heteroatoms. The fourth-order valence-electron chi connectivity index (χ4n) is 3.41. The van der Waals surface area contributed by atoms with Gasteiger partial charge in [-0.25, -0.2) is 8.42 Å². The summed E-state index contributed by atoms with van der Waals surface area (Å²) in [7, 11) is -3.60. The first-order valence-electron chi connectivity index (χ1n) is 9.36. The van der Waals surface area contributed by atoms with Gasteiger partial charge in [0.1, 0.15) is 4.90 Å². The summed E-state index contributed by atoms with van der Waals surface area (Å²) >= 11 is 0. The summed E-state index contributed by atoms with van der Waals surface area (Å²) in [4.78, 5) is 11.1. The lowest BCUT2D eigenvalue weighted by Gasteiger charge is -2.33. The standard InChI is InChI=1S/C19H23N5O3S/c1-3-17-21-18(27-22-17)13-23-7-9-24(10-8-23)28(25,26)16-6-4-5-15-11-14(2)12-20-19(15)16/h4-6,11-12H,3,7-10,13H2,1-2H3. The largest absolute Gasteiger partial charge is 0.338 e. The summed E-state index contributed by atoms with van der Waals surface area (Å²) < 4.78 is 33.2. The quantitative estimate of drug-likeness (QED) is 0.645. The highest BCUT2D eigenvalue weighted by Gasteiger charge is 2.30. The van der Waals surface area contributed by atoms with Gasteiger partial charge in [0.2, 0.25) is 15.9 Å². The van der Waals surface area contributed by atoms with E-state index in [4.69, 9.17) is 4.52 Å². The Hall–Kier alpha value is -2.36. The van der Waals surface area contributed by atoms with Gasteiger partial charge in [-0.2, -0.15) is 9.29 Å². The van der Waals surface area contributed by atoms with E-state index in [2.05, 4.69) is 20.0 Å². The van der Waals surface area contributed by atoms with E-state index in [-0.39, 0.29) is 4.90 Å². The minimum Gasteiger partial charge on any atom is -0.338 e. The third kappa shape index (κ3) is 3.65. The number of para-hydroxylation sites is 1. The number of sulfonamides is 1. The summed E-state index contributed by atoms with van der Waals surface area (Å²) in [5, 5.41) is 4.74. The van der Waals surface area contributed by atoms with E-state index in [9.17, 15) is 8.42 Å². The molecule has 0 aliphatic carbocycles. The Kier molecular flexibility index (Phi) is 5.13. The summed E-state index contributed by atoms with van der Waals surface area (Å²) in [6, 6.07) is 7.25. The summed E-state index contributed by atoms with van der Waals surface area (Å²) in [6.07, 6.45) is 2.43. The zero-order valence-corrected chi connectivity index (χ0v) is 16.8. The Morgan fingerprint density at radius 3 is 2.68 bits per heavy atom. The maximum absolute atomic E-state index is 13.2. The van der Waals surface area contributed by atoms with Crippen LogP contribution in [0.4, 0.5) is 0 Å². The lowest BCUT2D eigenvalue weighted by Crippen LogP contribution is -2.48. The molecule has 148 valence electrons. The van der Waals surface area contributed by atoms with Crippen molar-refractivity contribution in [3.05, 3.63) is 47.7 Å². The highest BCUT2D eigenvalue weighted by atomic mass is 32.2. The van der Waals surface area contributed by atoms with Crippen LogP contribution < -0.4 is 0 Å². The van der Waals surface area contributed by atoms with E-state index in [0.29, 0.717) is 50.0 Å². The third-order valence-corrected chi connectivity index (χ3v) is 6.88. The van der Waals surface area contributed by atoms with Crippen molar-refractivity contribution in [2.24, 2.45) is 0 Å². The predicted octanol–water partition coefficient (Wildman–Crippen LogP) is 2.00. The van der Waals surface area contributed by atoms with Crippen LogP contribution in [0.2, 0.25) is 0 Å². The van der Waals surface area contributed by atoms with E-state index in [1.807, 2.05) is 26.0 Å². The average Bonchev–Trinajstić information content (AvgIpc) is 3.15. The molecule has 1 aliphatic heterocycles. The maximum Gasteiger partial charge on any atom is 0.245 e. The maximum atomic E-state index is 13.2. The Balaban J connectivity index is 1.49. The third-order valence-electron chi connectivity index (χ3n) is 4.94. The summed E-state index contributed by atoms with van der Waals surface area (Å²) in [5.74, 6) is 1.26. The molecule has 1 aliphatic rings. The van der Waals surface area contributed by atoms with Crippen LogP contribution in [0.3, 0.4) is 0 Å². The summed E-state index contributed by atoms with van der Waals surface area (Å²) in [6.45, 7) is 6.51. The number of fused-ring (bicyclic) bond motifs is 1. The molecule has 3 aromatic rings. The van der Waals surface area contributed by atoms with Crippen molar-refractivity contribution in [1.82, 2.24) is 24.3 Å². The molecule has 4 rings (SSSR count). The van der Waals surface area contributed by atoms with Gasteiger partial charge < -0.3 is 4.52 Å².